The van der Waals surface area contributed by atoms with Gasteiger partial charge in [0.25, 0.3) is 0 Å². The zero-order valence-corrected chi connectivity index (χ0v) is 18.1. The zero-order chi connectivity index (χ0) is 20.3. The molecule has 2 heterocycles. The predicted molar refractivity (Wildman–Crippen MR) is 110 cm³/mol. The van der Waals surface area contributed by atoms with E-state index in [1.54, 1.807) is 11.8 Å². The van der Waals surface area contributed by atoms with E-state index in [1.807, 2.05) is 0 Å². The van der Waals surface area contributed by atoms with Gasteiger partial charge in [-0.1, -0.05) is 15.9 Å². The van der Waals surface area contributed by atoms with Crippen LogP contribution >= 0.6 is 15.9 Å². The summed E-state index contributed by atoms with van der Waals surface area (Å²) in [5, 5.41) is 12.9. The lowest BCUT2D eigenvalue weighted by atomic mass is 9.76. The highest BCUT2D eigenvalue weighted by molar-refractivity contribution is 9.10. The largest absolute Gasteiger partial charge is 0.469 e. The van der Waals surface area contributed by atoms with Gasteiger partial charge in [-0.25, -0.2) is 18.8 Å². The Balaban J connectivity index is 1.43. The van der Waals surface area contributed by atoms with Crippen LogP contribution in [0, 0.1) is 0 Å². The number of methoxy groups -OCH3 is 1. The van der Waals surface area contributed by atoms with Gasteiger partial charge in [-0.15, -0.1) is 4.36 Å². The monoisotopic (exact) mass is 481 g/mol. The zero-order valence-electron chi connectivity index (χ0n) is 15.7. The Kier molecular flexibility index (Phi) is 4.46. The Morgan fingerprint density at radius 1 is 1.38 bits per heavy atom. The lowest BCUT2D eigenvalue weighted by Crippen LogP contribution is -2.25. The standard InChI is InChI=1S/C18H20BrN5O4S/c1-27-8-9-7-24-17(28-9)14(6-21-24)29(20,26)23-18(25)22-16-12-4-2-10(12)15(19)11-3-5-13(11)16/h6,9H,2-5,7-8H2,1H3,(H3,20,22,23,25,26)/t9-,29?/m0/s1. The molecule has 1 aromatic heterocycles. The van der Waals surface area contributed by atoms with Crippen LogP contribution in [0.1, 0.15) is 22.3 Å². The highest BCUT2D eigenvalue weighted by atomic mass is 79.9. The highest BCUT2D eigenvalue weighted by Crippen LogP contribution is 2.46. The van der Waals surface area contributed by atoms with E-state index < -0.39 is 15.9 Å². The quantitative estimate of drug-likeness (QED) is 0.692. The van der Waals surface area contributed by atoms with Gasteiger partial charge in [0.05, 0.1) is 19.3 Å². The molecule has 0 fully saturated rings. The second-order valence-corrected chi connectivity index (χ2v) is 9.94. The summed E-state index contributed by atoms with van der Waals surface area (Å²) < 4.78 is 30.4. The number of rotatable bonds is 4. The molecule has 2 aromatic rings. The number of amides is 2. The number of nitrogens with zero attached hydrogens (tertiary/aromatic N) is 3. The van der Waals surface area contributed by atoms with Gasteiger partial charge < -0.3 is 14.8 Å². The molecule has 2 aliphatic carbocycles. The first-order valence-corrected chi connectivity index (χ1v) is 11.7. The van der Waals surface area contributed by atoms with Crippen LogP contribution < -0.4 is 15.2 Å². The molecule has 0 spiro atoms. The number of ether oxygens (including phenoxy) is 2. The fourth-order valence-electron chi connectivity index (χ4n) is 4.07. The van der Waals surface area contributed by atoms with Crippen molar-refractivity contribution in [3.05, 3.63) is 32.9 Å². The van der Waals surface area contributed by atoms with Crippen molar-refractivity contribution < 1.29 is 18.5 Å². The summed E-state index contributed by atoms with van der Waals surface area (Å²) in [6.07, 6.45) is 4.88. The Morgan fingerprint density at radius 3 is 2.62 bits per heavy atom. The van der Waals surface area contributed by atoms with Crippen molar-refractivity contribution in [2.75, 3.05) is 19.0 Å². The Hall–Kier alpha value is -1.95. The summed E-state index contributed by atoms with van der Waals surface area (Å²) in [6, 6.07) is -0.727. The van der Waals surface area contributed by atoms with Gasteiger partial charge in [-0.3, -0.25) is 0 Å². The Bertz CT molecular complexity index is 1130. The molecule has 1 unspecified atom stereocenters. The lowest BCUT2D eigenvalue weighted by Gasteiger charge is -2.33. The molecule has 3 aliphatic rings. The van der Waals surface area contributed by atoms with E-state index in [0.717, 1.165) is 47.0 Å². The number of benzene rings is 1. The van der Waals surface area contributed by atoms with E-state index >= 15 is 0 Å². The molecule has 154 valence electrons. The molecule has 5 rings (SSSR count). The Morgan fingerprint density at radius 2 is 2.03 bits per heavy atom. The summed E-state index contributed by atoms with van der Waals surface area (Å²) in [5.41, 5.74) is 5.52. The molecule has 3 N–H and O–H groups in total. The van der Waals surface area contributed by atoms with Crippen molar-refractivity contribution in [1.29, 1.82) is 0 Å². The van der Waals surface area contributed by atoms with Gasteiger partial charge in [0.2, 0.25) is 5.88 Å². The van der Waals surface area contributed by atoms with Crippen LogP contribution in [0.25, 0.3) is 0 Å². The number of nitrogens with one attached hydrogen (secondary N) is 1. The molecule has 0 saturated carbocycles. The van der Waals surface area contributed by atoms with Crippen LogP contribution in [0.15, 0.2) is 19.9 Å². The van der Waals surface area contributed by atoms with Crippen molar-refractivity contribution >= 4 is 37.6 Å². The van der Waals surface area contributed by atoms with E-state index in [4.69, 9.17) is 14.6 Å². The molecule has 29 heavy (non-hydrogen) atoms. The number of fused-ring (bicyclic) bond motifs is 3. The normalized spacial score (nSPS) is 20.3. The maximum absolute atomic E-state index is 13.0. The van der Waals surface area contributed by atoms with Crippen LogP contribution in [0.4, 0.5) is 10.5 Å². The number of carbonyl (C=O) groups is 1. The molecule has 1 aliphatic heterocycles. The molecule has 2 amide bonds. The van der Waals surface area contributed by atoms with Crippen LogP contribution in [-0.2, 0) is 46.9 Å². The smallest absolute Gasteiger partial charge is 0.354 e. The lowest BCUT2D eigenvalue weighted by molar-refractivity contribution is 0.0920. The van der Waals surface area contributed by atoms with E-state index in [0.29, 0.717) is 13.2 Å². The second kappa shape index (κ2) is 6.79. The predicted octanol–water partition coefficient (Wildman–Crippen LogP) is 2.18. The topological polar surface area (TPSA) is 121 Å². The molecule has 0 saturated heterocycles. The first-order valence-electron chi connectivity index (χ1n) is 9.31. The van der Waals surface area contributed by atoms with Crippen molar-refractivity contribution in [3.63, 3.8) is 0 Å². The number of nitrogens with two attached hydrogens (primary N) is 1. The number of anilines is 1. The third-order valence-corrected chi connectivity index (χ3v) is 7.95. The number of urea groups is 1. The molecule has 0 bridgehead atoms. The number of hydrogen-bond acceptors (Lipinski definition) is 5. The first kappa shape index (κ1) is 19.0. The fourth-order valence-corrected chi connectivity index (χ4v) is 5.94. The van der Waals surface area contributed by atoms with Crippen molar-refractivity contribution in [2.45, 2.75) is 43.2 Å². The molecule has 11 heteroatoms. The molecule has 0 radical (unpaired) electrons. The molecule has 2 atom stereocenters. The summed E-state index contributed by atoms with van der Waals surface area (Å²) in [5.74, 6) is 0.271. The minimum Gasteiger partial charge on any atom is -0.469 e. The van der Waals surface area contributed by atoms with Gasteiger partial charge in [0, 0.05) is 17.3 Å². The first-order chi connectivity index (χ1) is 13.9. The van der Waals surface area contributed by atoms with E-state index in [1.165, 1.54) is 17.3 Å². The van der Waals surface area contributed by atoms with Gasteiger partial charge in [0.1, 0.15) is 11.0 Å². The minimum absolute atomic E-state index is 0.114. The van der Waals surface area contributed by atoms with Gasteiger partial charge in [-0.05, 0) is 47.9 Å². The summed E-state index contributed by atoms with van der Waals surface area (Å²) in [4.78, 5) is 12.7. The molecule has 1 aromatic carbocycles. The number of hydrogen-bond donors (Lipinski definition) is 2. The maximum atomic E-state index is 13.0. The third-order valence-electron chi connectivity index (χ3n) is 5.64. The average Bonchev–Trinajstić information content (AvgIpc) is 3.11. The highest BCUT2D eigenvalue weighted by Gasteiger charge is 2.33. The third kappa shape index (κ3) is 2.98. The summed E-state index contributed by atoms with van der Waals surface area (Å²) >= 11 is 3.67. The summed E-state index contributed by atoms with van der Waals surface area (Å²) in [6.45, 7) is 0.827. The van der Waals surface area contributed by atoms with Crippen LogP contribution in [0.5, 0.6) is 5.88 Å². The molecule has 9 nitrogen and oxygen atoms in total. The maximum Gasteiger partial charge on any atom is 0.354 e. The SMILES string of the molecule is COC[C@@H]1Cn2ncc(S(N)(=O)=NC(=O)Nc3c4c(c(Br)c5c3CC5)CC4)c2O1. The molecular formula is C18H20BrN5O4S. The van der Waals surface area contributed by atoms with Gasteiger partial charge >= 0.3 is 6.03 Å². The Labute approximate surface area is 176 Å². The van der Waals surface area contributed by atoms with Crippen LogP contribution in [0.3, 0.4) is 0 Å². The van der Waals surface area contributed by atoms with E-state index in [2.05, 4.69) is 30.7 Å². The van der Waals surface area contributed by atoms with Crippen molar-refractivity contribution in [1.82, 2.24) is 9.78 Å². The number of aromatic nitrogens is 2. The van der Waals surface area contributed by atoms with Crippen LogP contribution in [-0.4, -0.2) is 39.8 Å². The molecular weight excluding hydrogens is 462 g/mol. The van der Waals surface area contributed by atoms with Gasteiger partial charge in [0.15, 0.2) is 9.92 Å². The van der Waals surface area contributed by atoms with E-state index in [9.17, 15) is 9.00 Å². The fraction of sp³-hybridized carbons (Fsp3) is 0.444. The summed E-state index contributed by atoms with van der Waals surface area (Å²) in [7, 11) is -1.94. The second-order valence-electron chi connectivity index (χ2n) is 7.38. The van der Waals surface area contributed by atoms with Crippen LogP contribution in [0.2, 0.25) is 0 Å². The van der Waals surface area contributed by atoms with Crippen molar-refractivity contribution in [2.24, 2.45) is 9.50 Å². The average molecular weight is 482 g/mol. The number of carbonyl (C=O) groups excluding carboxylic acids is 1. The van der Waals surface area contributed by atoms with E-state index in [-0.39, 0.29) is 16.9 Å². The van der Waals surface area contributed by atoms with Crippen molar-refractivity contribution in [3.8, 4) is 5.88 Å². The minimum atomic E-state index is -3.51. The number of halogens is 1. The van der Waals surface area contributed by atoms with Gasteiger partial charge in [-0.2, -0.15) is 5.10 Å².